The summed E-state index contributed by atoms with van der Waals surface area (Å²) in [5.74, 6) is 0.400. The van der Waals surface area contributed by atoms with Gasteiger partial charge in [0, 0.05) is 18.3 Å². The second-order valence-corrected chi connectivity index (χ2v) is 3.92. The first-order valence-electron chi connectivity index (χ1n) is 5.15. The third-order valence-electron chi connectivity index (χ3n) is 3.29. The molecule has 0 amide bonds. The van der Waals surface area contributed by atoms with Gasteiger partial charge in [-0.1, -0.05) is 13.3 Å². The van der Waals surface area contributed by atoms with Crippen LogP contribution in [0.3, 0.4) is 0 Å². The largest absolute Gasteiger partial charge is 0.299 e. The van der Waals surface area contributed by atoms with Gasteiger partial charge in [-0.15, -0.1) is 0 Å². The van der Waals surface area contributed by atoms with E-state index in [1.165, 1.54) is 0 Å². The standard InChI is InChI=1S/C11H17NO/c1-2-11(8-5-9-12)7-4-3-6-10(11)13/h2-8H2,1H3. The Hall–Kier alpha value is -0.840. The van der Waals surface area contributed by atoms with E-state index in [0.717, 1.165) is 38.5 Å². The van der Waals surface area contributed by atoms with Gasteiger partial charge in [0.2, 0.25) is 0 Å². The van der Waals surface area contributed by atoms with E-state index in [9.17, 15) is 4.79 Å². The highest BCUT2D eigenvalue weighted by Gasteiger charge is 2.37. The number of nitriles is 1. The number of Topliss-reactive ketones (excluding diaryl/α,β-unsaturated/α-hetero) is 1. The maximum Gasteiger partial charge on any atom is 0.139 e. The van der Waals surface area contributed by atoms with Crippen molar-refractivity contribution in [2.24, 2.45) is 5.41 Å². The minimum atomic E-state index is -0.131. The smallest absolute Gasteiger partial charge is 0.139 e. The van der Waals surface area contributed by atoms with Crippen LogP contribution in [0.1, 0.15) is 51.9 Å². The molecule has 0 aliphatic heterocycles. The van der Waals surface area contributed by atoms with Gasteiger partial charge in [-0.2, -0.15) is 5.26 Å². The highest BCUT2D eigenvalue weighted by molar-refractivity contribution is 5.85. The van der Waals surface area contributed by atoms with Gasteiger partial charge < -0.3 is 0 Å². The summed E-state index contributed by atoms with van der Waals surface area (Å²) in [6.07, 6.45) is 6.16. The summed E-state index contributed by atoms with van der Waals surface area (Å²) in [6.45, 7) is 2.07. The van der Waals surface area contributed by atoms with Crippen LogP contribution in [0.2, 0.25) is 0 Å². The molecular formula is C11H17NO. The Morgan fingerprint density at radius 3 is 2.85 bits per heavy atom. The van der Waals surface area contributed by atoms with Gasteiger partial charge in [0.05, 0.1) is 6.07 Å². The number of ketones is 1. The van der Waals surface area contributed by atoms with Crippen molar-refractivity contribution in [2.45, 2.75) is 51.9 Å². The molecular weight excluding hydrogens is 162 g/mol. The van der Waals surface area contributed by atoms with Crippen molar-refractivity contribution in [1.29, 1.82) is 5.26 Å². The topological polar surface area (TPSA) is 40.9 Å². The maximum absolute atomic E-state index is 11.7. The van der Waals surface area contributed by atoms with Crippen LogP contribution in [-0.4, -0.2) is 5.78 Å². The van der Waals surface area contributed by atoms with E-state index < -0.39 is 0 Å². The molecule has 1 saturated carbocycles. The molecule has 2 heteroatoms. The fourth-order valence-electron chi connectivity index (χ4n) is 2.26. The lowest BCUT2D eigenvalue weighted by molar-refractivity contribution is -0.132. The van der Waals surface area contributed by atoms with Crippen LogP contribution in [-0.2, 0) is 4.79 Å². The number of hydrogen-bond donors (Lipinski definition) is 0. The SMILES string of the molecule is CCC1(CCC#N)CCCCC1=O. The summed E-state index contributed by atoms with van der Waals surface area (Å²) in [6, 6.07) is 2.14. The van der Waals surface area contributed by atoms with E-state index in [1.54, 1.807) is 0 Å². The average Bonchev–Trinajstić information content (AvgIpc) is 2.17. The van der Waals surface area contributed by atoms with Crippen molar-refractivity contribution >= 4 is 5.78 Å². The number of nitrogens with zero attached hydrogens (tertiary/aromatic N) is 1. The first kappa shape index (κ1) is 10.2. The molecule has 0 heterocycles. The molecule has 0 bridgehead atoms. The minimum absolute atomic E-state index is 0.131. The second-order valence-electron chi connectivity index (χ2n) is 3.92. The molecule has 13 heavy (non-hydrogen) atoms. The predicted molar refractivity (Wildman–Crippen MR) is 51.0 cm³/mol. The number of rotatable bonds is 3. The van der Waals surface area contributed by atoms with E-state index in [0.29, 0.717) is 12.2 Å². The number of carbonyl (C=O) groups excluding carboxylic acids is 1. The zero-order valence-corrected chi connectivity index (χ0v) is 8.31. The number of carbonyl (C=O) groups is 1. The molecule has 0 radical (unpaired) electrons. The van der Waals surface area contributed by atoms with Crippen LogP contribution in [0.5, 0.6) is 0 Å². The van der Waals surface area contributed by atoms with Crippen molar-refractivity contribution in [1.82, 2.24) is 0 Å². The van der Waals surface area contributed by atoms with E-state index in [2.05, 4.69) is 13.0 Å². The molecule has 0 aromatic carbocycles. The van der Waals surface area contributed by atoms with Crippen molar-refractivity contribution in [2.75, 3.05) is 0 Å². The molecule has 1 atom stereocenters. The van der Waals surface area contributed by atoms with Crippen molar-refractivity contribution in [3.05, 3.63) is 0 Å². The Balaban J connectivity index is 2.65. The first-order chi connectivity index (χ1) is 6.25. The molecule has 1 fully saturated rings. The molecule has 2 nitrogen and oxygen atoms in total. The van der Waals surface area contributed by atoms with Crippen LogP contribution in [0.25, 0.3) is 0 Å². The fraction of sp³-hybridized carbons (Fsp3) is 0.818. The molecule has 0 N–H and O–H groups in total. The van der Waals surface area contributed by atoms with Crippen LogP contribution in [0, 0.1) is 16.7 Å². The van der Waals surface area contributed by atoms with Crippen LogP contribution in [0.15, 0.2) is 0 Å². The van der Waals surface area contributed by atoms with E-state index in [-0.39, 0.29) is 5.41 Å². The van der Waals surface area contributed by atoms with E-state index >= 15 is 0 Å². The van der Waals surface area contributed by atoms with Crippen LogP contribution >= 0.6 is 0 Å². The van der Waals surface area contributed by atoms with Crippen molar-refractivity contribution < 1.29 is 4.79 Å². The molecule has 0 aromatic rings. The molecule has 1 aliphatic rings. The van der Waals surface area contributed by atoms with Gasteiger partial charge in [-0.3, -0.25) is 4.79 Å². The fourth-order valence-corrected chi connectivity index (χ4v) is 2.26. The van der Waals surface area contributed by atoms with Crippen LogP contribution < -0.4 is 0 Å². The quantitative estimate of drug-likeness (QED) is 0.668. The van der Waals surface area contributed by atoms with Crippen molar-refractivity contribution in [3.63, 3.8) is 0 Å². The van der Waals surface area contributed by atoms with E-state index in [4.69, 9.17) is 5.26 Å². The Kier molecular flexibility index (Phi) is 3.48. The normalized spacial score (nSPS) is 28.5. The van der Waals surface area contributed by atoms with E-state index in [1.807, 2.05) is 0 Å². The third-order valence-corrected chi connectivity index (χ3v) is 3.29. The zero-order chi connectivity index (χ0) is 9.73. The third kappa shape index (κ3) is 2.09. The molecule has 0 aromatic heterocycles. The summed E-state index contributed by atoms with van der Waals surface area (Å²) >= 11 is 0. The average molecular weight is 179 g/mol. The molecule has 0 spiro atoms. The zero-order valence-electron chi connectivity index (χ0n) is 8.31. The van der Waals surface area contributed by atoms with Gasteiger partial charge in [-0.25, -0.2) is 0 Å². The molecule has 1 aliphatic carbocycles. The number of hydrogen-bond acceptors (Lipinski definition) is 2. The summed E-state index contributed by atoms with van der Waals surface area (Å²) in [7, 11) is 0. The van der Waals surface area contributed by atoms with Gasteiger partial charge in [0.1, 0.15) is 5.78 Å². The highest BCUT2D eigenvalue weighted by Crippen LogP contribution is 2.40. The molecule has 1 rings (SSSR count). The highest BCUT2D eigenvalue weighted by atomic mass is 16.1. The first-order valence-corrected chi connectivity index (χ1v) is 5.15. The van der Waals surface area contributed by atoms with Gasteiger partial charge in [0.25, 0.3) is 0 Å². The summed E-state index contributed by atoms with van der Waals surface area (Å²) in [5.41, 5.74) is -0.131. The summed E-state index contributed by atoms with van der Waals surface area (Å²) < 4.78 is 0. The molecule has 1 unspecified atom stereocenters. The Labute approximate surface area is 79.9 Å². The van der Waals surface area contributed by atoms with Gasteiger partial charge in [-0.05, 0) is 25.7 Å². The monoisotopic (exact) mass is 179 g/mol. The predicted octanol–water partition coefficient (Wildman–Crippen LogP) is 2.83. The van der Waals surface area contributed by atoms with Crippen LogP contribution in [0.4, 0.5) is 0 Å². The van der Waals surface area contributed by atoms with Gasteiger partial charge in [0.15, 0.2) is 0 Å². The lowest BCUT2D eigenvalue weighted by atomic mass is 9.68. The Bertz CT molecular complexity index is 229. The summed E-state index contributed by atoms with van der Waals surface area (Å²) in [5, 5.41) is 8.53. The minimum Gasteiger partial charge on any atom is -0.299 e. The lowest BCUT2D eigenvalue weighted by Crippen LogP contribution is -2.33. The molecule has 72 valence electrons. The molecule has 0 saturated heterocycles. The Morgan fingerprint density at radius 1 is 1.54 bits per heavy atom. The second kappa shape index (κ2) is 4.41. The lowest BCUT2D eigenvalue weighted by Gasteiger charge is -2.34. The Morgan fingerprint density at radius 2 is 2.31 bits per heavy atom. The summed E-state index contributed by atoms with van der Waals surface area (Å²) in [4.78, 5) is 11.7. The van der Waals surface area contributed by atoms with Crippen molar-refractivity contribution in [3.8, 4) is 6.07 Å². The maximum atomic E-state index is 11.7. The van der Waals surface area contributed by atoms with Gasteiger partial charge >= 0.3 is 0 Å².